The molecule has 0 aliphatic heterocycles. The molecule has 0 saturated heterocycles. The van der Waals surface area contributed by atoms with Gasteiger partial charge in [-0.3, -0.25) is 4.90 Å². The Kier molecular flexibility index (Phi) is 6.12. The van der Waals surface area contributed by atoms with Gasteiger partial charge in [0.05, 0.1) is 6.04 Å². The molecular formula is C17H30N4. The van der Waals surface area contributed by atoms with E-state index in [4.69, 9.17) is 0 Å². The van der Waals surface area contributed by atoms with Crippen LogP contribution in [0, 0.1) is 0 Å². The van der Waals surface area contributed by atoms with E-state index in [-0.39, 0.29) is 5.54 Å². The molecule has 1 N–H and O–H groups in total. The van der Waals surface area contributed by atoms with Crippen molar-refractivity contribution in [2.24, 2.45) is 0 Å². The Balaban J connectivity index is 2.35. The monoisotopic (exact) mass is 290 g/mol. The summed E-state index contributed by atoms with van der Waals surface area (Å²) in [4.78, 5) is 11.2. The Bertz CT molecular complexity index is 397. The molecule has 1 saturated carbocycles. The van der Waals surface area contributed by atoms with Gasteiger partial charge in [-0.2, -0.15) is 0 Å². The fourth-order valence-corrected chi connectivity index (χ4v) is 3.99. The number of likely N-dealkylation sites (N-methyl/N-ethyl adjacent to an activating group) is 1. The molecule has 1 aliphatic rings. The van der Waals surface area contributed by atoms with Gasteiger partial charge >= 0.3 is 0 Å². The molecule has 118 valence electrons. The maximum Gasteiger partial charge on any atom is 0.115 e. The molecule has 0 bridgehead atoms. The first-order valence-electron chi connectivity index (χ1n) is 8.51. The standard InChI is InChI=1S/C17H30N4/c1-4-11-20-16(15-12-18-14-19-13-15)17(9-7-8-10-17)21(5-2)6-3/h12-14,16,20H,4-11H2,1-3H3. The van der Waals surface area contributed by atoms with E-state index in [9.17, 15) is 0 Å². The van der Waals surface area contributed by atoms with Crippen LogP contribution in [0.4, 0.5) is 0 Å². The number of hydrogen-bond donors (Lipinski definition) is 1. The predicted octanol–water partition coefficient (Wildman–Crippen LogP) is 3.17. The van der Waals surface area contributed by atoms with Gasteiger partial charge in [-0.1, -0.05) is 33.6 Å². The lowest BCUT2D eigenvalue weighted by Crippen LogP contribution is -2.55. The zero-order chi connectivity index (χ0) is 15.1. The minimum atomic E-state index is 0.226. The van der Waals surface area contributed by atoms with Crippen molar-refractivity contribution in [1.29, 1.82) is 0 Å². The van der Waals surface area contributed by atoms with Crippen LogP contribution in [0.2, 0.25) is 0 Å². The second kappa shape index (κ2) is 7.85. The molecule has 1 unspecified atom stereocenters. The Morgan fingerprint density at radius 1 is 1.14 bits per heavy atom. The third-order valence-corrected chi connectivity index (χ3v) is 4.91. The van der Waals surface area contributed by atoms with Gasteiger partial charge in [0, 0.05) is 23.5 Å². The number of aromatic nitrogens is 2. The first-order valence-corrected chi connectivity index (χ1v) is 8.51. The maximum atomic E-state index is 4.26. The lowest BCUT2D eigenvalue weighted by molar-refractivity contribution is 0.0623. The molecule has 4 heteroatoms. The van der Waals surface area contributed by atoms with Crippen LogP contribution >= 0.6 is 0 Å². The maximum absolute atomic E-state index is 4.26. The Hall–Kier alpha value is -1.00. The summed E-state index contributed by atoms with van der Waals surface area (Å²) in [6.07, 6.45) is 11.9. The van der Waals surface area contributed by atoms with Crippen molar-refractivity contribution in [3.8, 4) is 0 Å². The Labute approximate surface area is 129 Å². The highest BCUT2D eigenvalue weighted by Crippen LogP contribution is 2.44. The molecule has 2 rings (SSSR count). The molecule has 21 heavy (non-hydrogen) atoms. The number of nitrogens with zero attached hydrogens (tertiary/aromatic N) is 3. The molecule has 0 spiro atoms. The molecule has 1 aromatic heterocycles. The van der Waals surface area contributed by atoms with Gasteiger partial charge in [0.15, 0.2) is 0 Å². The van der Waals surface area contributed by atoms with Crippen LogP contribution in [-0.4, -0.2) is 40.0 Å². The average Bonchev–Trinajstić information content (AvgIpc) is 3.00. The van der Waals surface area contributed by atoms with Gasteiger partial charge in [0.25, 0.3) is 0 Å². The SMILES string of the molecule is CCCNC(c1cncnc1)C1(N(CC)CC)CCCC1. The van der Waals surface area contributed by atoms with Gasteiger partial charge in [-0.25, -0.2) is 9.97 Å². The van der Waals surface area contributed by atoms with Crippen LogP contribution in [-0.2, 0) is 0 Å². The summed E-state index contributed by atoms with van der Waals surface area (Å²) >= 11 is 0. The second-order valence-electron chi connectivity index (χ2n) is 6.04. The van der Waals surface area contributed by atoms with E-state index >= 15 is 0 Å². The van der Waals surface area contributed by atoms with Crippen LogP contribution < -0.4 is 5.32 Å². The molecule has 1 heterocycles. The predicted molar refractivity (Wildman–Crippen MR) is 87.2 cm³/mol. The highest BCUT2D eigenvalue weighted by Gasteiger charge is 2.45. The number of rotatable bonds is 8. The van der Waals surface area contributed by atoms with Gasteiger partial charge in [-0.05, 0) is 38.9 Å². The summed E-state index contributed by atoms with van der Waals surface area (Å²) in [6, 6.07) is 0.334. The van der Waals surface area contributed by atoms with E-state index in [0.29, 0.717) is 6.04 Å². The minimum Gasteiger partial charge on any atom is -0.308 e. The first-order chi connectivity index (χ1) is 10.3. The van der Waals surface area contributed by atoms with Crippen LogP contribution in [0.5, 0.6) is 0 Å². The molecular weight excluding hydrogens is 260 g/mol. The van der Waals surface area contributed by atoms with Crippen molar-refractivity contribution in [1.82, 2.24) is 20.2 Å². The van der Waals surface area contributed by atoms with Crippen LogP contribution in [0.1, 0.15) is 64.5 Å². The third-order valence-electron chi connectivity index (χ3n) is 4.91. The van der Waals surface area contributed by atoms with E-state index in [0.717, 1.165) is 26.1 Å². The van der Waals surface area contributed by atoms with E-state index < -0.39 is 0 Å². The molecule has 0 aromatic carbocycles. The van der Waals surface area contributed by atoms with E-state index in [1.54, 1.807) is 6.33 Å². The zero-order valence-corrected chi connectivity index (χ0v) is 13.8. The molecule has 0 amide bonds. The highest BCUT2D eigenvalue weighted by molar-refractivity contribution is 5.19. The van der Waals surface area contributed by atoms with Crippen LogP contribution in [0.15, 0.2) is 18.7 Å². The summed E-state index contributed by atoms with van der Waals surface area (Å²) < 4.78 is 0. The largest absolute Gasteiger partial charge is 0.308 e. The smallest absolute Gasteiger partial charge is 0.115 e. The molecule has 1 aromatic rings. The van der Waals surface area contributed by atoms with Crippen LogP contribution in [0.25, 0.3) is 0 Å². The lowest BCUT2D eigenvalue weighted by atomic mass is 9.82. The molecule has 0 radical (unpaired) electrons. The number of nitrogens with one attached hydrogen (secondary N) is 1. The summed E-state index contributed by atoms with van der Waals surface area (Å²) in [7, 11) is 0. The van der Waals surface area contributed by atoms with Crippen molar-refractivity contribution in [2.45, 2.75) is 64.5 Å². The van der Waals surface area contributed by atoms with Crippen molar-refractivity contribution >= 4 is 0 Å². The normalized spacial score (nSPS) is 19.0. The average molecular weight is 290 g/mol. The van der Waals surface area contributed by atoms with E-state index in [1.807, 2.05) is 12.4 Å². The minimum absolute atomic E-state index is 0.226. The molecule has 1 fully saturated rings. The molecule has 1 aliphatic carbocycles. The van der Waals surface area contributed by atoms with Gasteiger partial charge in [-0.15, -0.1) is 0 Å². The summed E-state index contributed by atoms with van der Waals surface area (Å²) in [5.74, 6) is 0. The number of hydrogen-bond acceptors (Lipinski definition) is 4. The summed E-state index contributed by atoms with van der Waals surface area (Å²) in [6.45, 7) is 10.0. The zero-order valence-electron chi connectivity index (χ0n) is 13.8. The van der Waals surface area contributed by atoms with Crippen molar-refractivity contribution in [2.75, 3.05) is 19.6 Å². The van der Waals surface area contributed by atoms with Crippen LogP contribution in [0.3, 0.4) is 0 Å². The second-order valence-corrected chi connectivity index (χ2v) is 6.04. The van der Waals surface area contributed by atoms with Crippen molar-refractivity contribution in [3.05, 3.63) is 24.3 Å². The van der Waals surface area contributed by atoms with E-state index in [1.165, 1.54) is 31.2 Å². The third kappa shape index (κ3) is 3.43. The first kappa shape index (κ1) is 16.4. The van der Waals surface area contributed by atoms with Crippen molar-refractivity contribution < 1.29 is 0 Å². The van der Waals surface area contributed by atoms with Crippen molar-refractivity contribution in [3.63, 3.8) is 0 Å². The lowest BCUT2D eigenvalue weighted by Gasteiger charge is -2.46. The molecule has 1 atom stereocenters. The van der Waals surface area contributed by atoms with E-state index in [2.05, 4.69) is 41.0 Å². The summed E-state index contributed by atoms with van der Waals surface area (Å²) in [5, 5.41) is 3.80. The molecule has 4 nitrogen and oxygen atoms in total. The fourth-order valence-electron chi connectivity index (χ4n) is 3.99. The van der Waals surface area contributed by atoms with Gasteiger partial charge in [0.1, 0.15) is 6.33 Å². The topological polar surface area (TPSA) is 41.1 Å². The quantitative estimate of drug-likeness (QED) is 0.798. The highest BCUT2D eigenvalue weighted by atomic mass is 15.2. The van der Waals surface area contributed by atoms with Gasteiger partial charge < -0.3 is 5.32 Å². The Morgan fingerprint density at radius 3 is 2.29 bits per heavy atom. The van der Waals surface area contributed by atoms with Gasteiger partial charge in [0.2, 0.25) is 0 Å². The Morgan fingerprint density at radius 2 is 1.76 bits per heavy atom. The fraction of sp³-hybridized carbons (Fsp3) is 0.765. The summed E-state index contributed by atoms with van der Waals surface area (Å²) in [5.41, 5.74) is 1.46.